The van der Waals surface area contributed by atoms with Crippen molar-refractivity contribution in [2.45, 2.75) is 10.8 Å². The molecule has 1 heterocycles. The number of alkyl halides is 2. The highest BCUT2D eigenvalue weighted by Crippen LogP contribution is 2.33. The quantitative estimate of drug-likeness (QED) is 0.417. The third-order valence-corrected chi connectivity index (χ3v) is 3.04. The molecule has 0 N–H and O–H groups in total. The molecule has 0 spiro atoms. The van der Waals surface area contributed by atoms with Gasteiger partial charge in [-0.05, 0) is 0 Å². The summed E-state index contributed by atoms with van der Waals surface area (Å²) >= 11 is 16.5. The fourth-order valence-electron chi connectivity index (χ4n) is 0.796. The monoisotopic (exact) mass is 183 g/mol. The number of halogens is 2. The summed E-state index contributed by atoms with van der Waals surface area (Å²) in [5.74, 6) is 0. The minimum Gasteiger partial charge on any atom is -0.367 e. The van der Waals surface area contributed by atoms with E-state index in [0.29, 0.717) is 4.99 Å². The molecule has 1 rings (SSSR count). The number of hydrogen-bond acceptors (Lipinski definition) is 1. The molecule has 0 aliphatic carbocycles. The van der Waals surface area contributed by atoms with Gasteiger partial charge in [-0.15, -0.1) is 0 Å². The lowest BCUT2D eigenvalue weighted by Crippen LogP contribution is -2.26. The number of rotatable bonds is 0. The van der Waals surface area contributed by atoms with Crippen LogP contribution in [0.15, 0.2) is 0 Å². The maximum absolute atomic E-state index is 5.80. The van der Waals surface area contributed by atoms with Gasteiger partial charge < -0.3 is 4.90 Å². The van der Waals surface area contributed by atoms with Crippen molar-refractivity contribution in [1.29, 1.82) is 0 Å². The lowest BCUT2D eigenvalue weighted by atomic mass is 10.4. The maximum atomic E-state index is 5.80. The first-order valence-electron chi connectivity index (χ1n) is 2.67. The Morgan fingerprint density at radius 1 is 1.67 bits per heavy atom. The molecular formula is C5H7Cl2NS. The average Bonchev–Trinajstić information content (AvgIpc) is 1.97. The van der Waals surface area contributed by atoms with Gasteiger partial charge in [-0.2, -0.15) is 0 Å². The van der Waals surface area contributed by atoms with Crippen LogP contribution >= 0.6 is 35.4 Å². The van der Waals surface area contributed by atoms with Crippen molar-refractivity contribution in [3.8, 4) is 0 Å². The lowest BCUT2D eigenvalue weighted by molar-refractivity contribution is 0.556. The summed E-state index contributed by atoms with van der Waals surface area (Å²) in [6, 6.07) is 0. The van der Waals surface area contributed by atoms with Crippen molar-refractivity contribution in [2.24, 2.45) is 0 Å². The summed E-state index contributed by atoms with van der Waals surface area (Å²) < 4.78 is -0.774. The van der Waals surface area contributed by atoms with Gasteiger partial charge in [0.15, 0.2) is 4.33 Å². The Bertz CT molecular complexity index is 146. The van der Waals surface area contributed by atoms with Crippen LogP contribution in [0.4, 0.5) is 0 Å². The highest BCUT2D eigenvalue weighted by Gasteiger charge is 2.37. The van der Waals surface area contributed by atoms with E-state index in [4.69, 9.17) is 35.4 Å². The van der Waals surface area contributed by atoms with E-state index in [1.54, 1.807) is 0 Å². The molecular weight excluding hydrogens is 177 g/mol. The fraction of sp³-hybridized carbons (Fsp3) is 0.800. The van der Waals surface area contributed by atoms with Gasteiger partial charge in [0, 0.05) is 20.0 Å². The van der Waals surface area contributed by atoms with E-state index in [0.717, 1.165) is 13.0 Å². The van der Waals surface area contributed by atoms with E-state index in [1.165, 1.54) is 0 Å². The van der Waals surface area contributed by atoms with Crippen LogP contribution in [0.5, 0.6) is 0 Å². The van der Waals surface area contributed by atoms with Gasteiger partial charge in [-0.1, -0.05) is 35.4 Å². The molecule has 0 amide bonds. The Hall–Kier alpha value is 0.470. The van der Waals surface area contributed by atoms with E-state index in [2.05, 4.69) is 0 Å². The third-order valence-electron chi connectivity index (χ3n) is 1.42. The number of thiocarbonyl (C=S) groups is 1. The molecule has 0 radical (unpaired) electrons. The average molecular weight is 184 g/mol. The van der Waals surface area contributed by atoms with Crippen molar-refractivity contribution in [2.75, 3.05) is 13.6 Å². The summed E-state index contributed by atoms with van der Waals surface area (Å²) in [4.78, 5) is 2.54. The first-order chi connectivity index (χ1) is 4.04. The Morgan fingerprint density at radius 3 is 2.33 bits per heavy atom. The Morgan fingerprint density at radius 2 is 2.22 bits per heavy atom. The fourth-order valence-corrected chi connectivity index (χ4v) is 1.45. The van der Waals surface area contributed by atoms with Crippen LogP contribution in [0.25, 0.3) is 0 Å². The Kier molecular flexibility index (Phi) is 1.90. The maximum Gasteiger partial charge on any atom is 0.169 e. The van der Waals surface area contributed by atoms with Crippen LogP contribution in [0.1, 0.15) is 6.42 Å². The Balaban J connectivity index is 2.74. The SMILES string of the molecule is CN1CCC(Cl)(Cl)C1=S. The zero-order valence-electron chi connectivity index (χ0n) is 5.03. The molecule has 1 fully saturated rings. The zero-order valence-corrected chi connectivity index (χ0v) is 7.35. The summed E-state index contributed by atoms with van der Waals surface area (Å²) in [7, 11) is 1.90. The van der Waals surface area contributed by atoms with Crippen LogP contribution in [0.2, 0.25) is 0 Å². The smallest absolute Gasteiger partial charge is 0.169 e. The van der Waals surface area contributed by atoms with Crippen molar-refractivity contribution >= 4 is 40.4 Å². The standard InChI is InChI=1S/C5H7Cl2NS/c1-8-3-2-5(6,7)4(8)9/h2-3H2,1H3. The van der Waals surface area contributed by atoms with Gasteiger partial charge in [0.2, 0.25) is 0 Å². The van der Waals surface area contributed by atoms with E-state index in [-0.39, 0.29) is 0 Å². The van der Waals surface area contributed by atoms with Gasteiger partial charge in [0.05, 0.1) is 0 Å². The predicted molar refractivity (Wildman–Crippen MR) is 44.3 cm³/mol. The second kappa shape index (κ2) is 2.26. The number of likely N-dealkylation sites (tertiary alicyclic amines) is 1. The van der Waals surface area contributed by atoms with Crippen molar-refractivity contribution < 1.29 is 0 Å². The third kappa shape index (κ3) is 1.31. The molecule has 0 bridgehead atoms. The molecule has 1 nitrogen and oxygen atoms in total. The summed E-state index contributed by atoms with van der Waals surface area (Å²) in [5.41, 5.74) is 0. The summed E-state index contributed by atoms with van der Waals surface area (Å²) in [6.45, 7) is 0.867. The molecule has 52 valence electrons. The van der Waals surface area contributed by atoms with Crippen LogP contribution in [0, 0.1) is 0 Å². The molecule has 0 saturated carbocycles. The second-order valence-corrected chi connectivity index (χ2v) is 4.05. The highest BCUT2D eigenvalue weighted by atomic mass is 35.5. The number of nitrogens with zero attached hydrogens (tertiary/aromatic N) is 1. The van der Waals surface area contributed by atoms with Crippen molar-refractivity contribution in [3.63, 3.8) is 0 Å². The molecule has 0 atom stereocenters. The molecule has 1 aliphatic heterocycles. The van der Waals surface area contributed by atoms with Gasteiger partial charge >= 0.3 is 0 Å². The van der Waals surface area contributed by atoms with Crippen LogP contribution in [-0.4, -0.2) is 27.8 Å². The second-order valence-electron chi connectivity index (χ2n) is 2.18. The van der Waals surface area contributed by atoms with Crippen LogP contribution < -0.4 is 0 Å². The van der Waals surface area contributed by atoms with Crippen molar-refractivity contribution in [1.82, 2.24) is 4.90 Å². The first-order valence-corrected chi connectivity index (χ1v) is 3.84. The molecule has 0 unspecified atom stereocenters. The topological polar surface area (TPSA) is 3.24 Å². The molecule has 1 saturated heterocycles. The lowest BCUT2D eigenvalue weighted by Gasteiger charge is -2.13. The molecule has 4 heteroatoms. The van der Waals surface area contributed by atoms with E-state index >= 15 is 0 Å². The van der Waals surface area contributed by atoms with Crippen molar-refractivity contribution in [3.05, 3.63) is 0 Å². The molecule has 1 aliphatic rings. The highest BCUT2D eigenvalue weighted by molar-refractivity contribution is 7.80. The molecule has 0 aromatic heterocycles. The predicted octanol–water partition coefficient (Wildman–Crippen LogP) is 1.82. The summed E-state index contributed by atoms with van der Waals surface area (Å²) in [6.07, 6.45) is 0.742. The minimum atomic E-state index is -0.774. The van der Waals surface area contributed by atoms with E-state index in [9.17, 15) is 0 Å². The van der Waals surface area contributed by atoms with Gasteiger partial charge in [0.25, 0.3) is 0 Å². The molecule has 0 aromatic carbocycles. The molecule has 9 heavy (non-hydrogen) atoms. The molecule has 0 aromatic rings. The largest absolute Gasteiger partial charge is 0.367 e. The van der Waals surface area contributed by atoms with Gasteiger partial charge in [0.1, 0.15) is 4.99 Å². The zero-order chi connectivity index (χ0) is 7.07. The van der Waals surface area contributed by atoms with E-state index in [1.807, 2.05) is 11.9 Å². The first kappa shape index (κ1) is 7.58. The van der Waals surface area contributed by atoms with Gasteiger partial charge in [-0.25, -0.2) is 0 Å². The van der Waals surface area contributed by atoms with Crippen LogP contribution in [0.3, 0.4) is 0 Å². The summed E-state index contributed by atoms with van der Waals surface area (Å²) in [5, 5.41) is 0. The minimum absolute atomic E-state index is 0.644. The van der Waals surface area contributed by atoms with Gasteiger partial charge in [-0.3, -0.25) is 0 Å². The Labute approximate surface area is 69.9 Å². The number of hydrogen-bond donors (Lipinski definition) is 0. The van der Waals surface area contributed by atoms with E-state index < -0.39 is 4.33 Å². The van der Waals surface area contributed by atoms with Crippen LogP contribution in [-0.2, 0) is 0 Å². The normalized spacial score (nSPS) is 25.2.